The molecule has 1 aliphatic heterocycles. The molecule has 2 aromatic carbocycles. The fourth-order valence-electron chi connectivity index (χ4n) is 3.91. The minimum atomic E-state index is 0.572. The maximum Gasteiger partial charge on any atom is 0.144 e. The number of hydrogen-bond acceptors (Lipinski definition) is 7. The minimum Gasteiger partial charge on any atom is -0.490 e. The molecule has 3 heterocycles. The smallest absolute Gasteiger partial charge is 0.144 e. The van der Waals surface area contributed by atoms with Crippen molar-refractivity contribution in [2.45, 2.75) is 0 Å². The summed E-state index contributed by atoms with van der Waals surface area (Å²) in [7, 11) is 2.04. The highest BCUT2D eigenvalue weighted by Gasteiger charge is 2.13. The van der Waals surface area contributed by atoms with Gasteiger partial charge in [0, 0.05) is 55.5 Å². The number of ether oxygens (including phenoxy) is 2. The molecule has 0 unspecified atom stereocenters. The molecular weight excluding hydrogens is 392 g/mol. The highest BCUT2D eigenvalue weighted by Crippen LogP contribution is 2.32. The summed E-state index contributed by atoms with van der Waals surface area (Å²) in [5.41, 5.74) is 9.77. The SMILES string of the molecule is Cn1ccc2ccc(Nc3ncnc4cc(OCCN5CCOCC5)c(N)cc34)cc21. The van der Waals surface area contributed by atoms with E-state index in [1.165, 1.54) is 5.39 Å². The van der Waals surface area contributed by atoms with Crippen molar-refractivity contribution < 1.29 is 9.47 Å². The van der Waals surface area contributed by atoms with E-state index in [2.05, 4.69) is 49.1 Å². The monoisotopic (exact) mass is 418 g/mol. The molecule has 1 saturated heterocycles. The number of nitrogens with one attached hydrogen (secondary N) is 1. The van der Waals surface area contributed by atoms with E-state index in [-0.39, 0.29) is 0 Å². The Morgan fingerprint density at radius 2 is 2.00 bits per heavy atom. The summed E-state index contributed by atoms with van der Waals surface area (Å²) in [4.78, 5) is 11.2. The third kappa shape index (κ3) is 4.12. The zero-order valence-electron chi connectivity index (χ0n) is 17.5. The summed E-state index contributed by atoms with van der Waals surface area (Å²) in [5, 5.41) is 5.46. The Morgan fingerprint density at radius 3 is 2.87 bits per heavy atom. The first-order valence-electron chi connectivity index (χ1n) is 10.5. The van der Waals surface area contributed by atoms with Crippen LogP contribution in [0.2, 0.25) is 0 Å². The lowest BCUT2D eigenvalue weighted by Gasteiger charge is -2.26. The molecule has 4 aromatic rings. The summed E-state index contributed by atoms with van der Waals surface area (Å²) in [6, 6.07) is 12.1. The average Bonchev–Trinajstić information content (AvgIpc) is 3.16. The fourth-order valence-corrected chi connectivity index (χ4v) is 3.91. The Hall–Kier alpha value is -3.36. The molecule has 1 fully saturated rings. The number of morpholine rings is 1. The van der Waals surface area contributed by atoms with Crippen molar-refractivity contribution in [3.63, 3.8) is 0 Å². The van der Waals surface area contributed by atoms with Crippen molar-refractivity contribution in [2.75, 3.05) is 50.5 Å². The van der Waals surface area contributed by atoms with E-state index in [1.54, 1.807) is 6.33 Å². The van der Waals surface area contributed by atoms with Crippen LogP contribution in [0.1, 0.15) is 0 Å². The largest absolute Gasteiger partial charge is 0.490 e. The lowest BCUT2D eigenvalue weighted by Crippen LogP contribution is -2.38. The number of nitrogens with two attached hydrogens (primary N) is 1. The van der Waals surface area contributed by atoms with Gasteiger partial charge in [-0.25, -0.2) is 9.97 Å². The lowest BCUT2D eigenvalue weighted by molar-refractivity contribution is 0.0323. The third-order valence-corrected chi connectivity index (χ3v) is 5.69. The fraction of sp³-hybridized carbons (Fsp3) is 0.304. The molecule has 8 heteroatoms. The quantitative estimate of drug-likeness (QED) is 0.465. The number of anilines is 3. The zero-order valence-corrected chi connectivity index (χ0v) is 17.5. The van der Waals surface area contributed by atoms with Crippen LogP contribution in [0.15, 0.2) is 48.9 Å². The molecule has 31 heavy (non-hydrogen) atoms. The molecule has 0 radical (unpaired) electrons. The molecule has 0 bridgehead atoms. The summed E-state index contributed by atoms with van der Waals surface area (Å²) >= 11 is 0. The summed E-state index contributed by atoms with van der Waals surface area (Å²) < 4.78 is 13.4. The van der Waals surface area contributed by atoms with Crippen molar-refractivity contribution in [3.05, 3.63) is 48.9 Å². The van der Waals surface area contributed by atoms with Crippen LogP contribution in [0, 0.1) is 0 Å². The first kappa shape index (κ1) is 19.6. The van der Waals surface area contributed by atoms with Crippen molar-refractivity contribution in [1.82, 2.24) is 19.4 Å². The maximum atomic E-state index is 6.30. The molecule has 0 spiro atoms. The Labute approximate surface area is 180 Å². The van der Waals surface area contributed by atoms with Gasteiger partial charge in [-0.05, 0) is 29.7 Å². The van der Waals surface area contributed by atoms with E-state index >= 15 is 0 Å². The van der Waals surface area contributed by atoms with Crippen LogP contribution < -0.4 is 15.8 Å². The topological polar surface area (TPSA) is 90.5 Å². The second-order valence-electron chi connectivity index (χ2n) is 7.76. The molecule has 5 rings (SSSR count). The number of rotatable bonds is 6. The van der Waals surface area contributed by atoms with Gasteiger partial charge in [-0.2, -0.15) is 0 Å². The highest BCUT2D eigenvalue weighted by atomic mass is 16.5. The van der Waals surface area contributed by atoms with Crippen LogP contribution in [-0.2, 0) is 11.8 Å². The average molecular weight is 419 g/mol. The predicted octanol–water partition coefficient (Wildman–Crippen LogP) is 3.16. The standard InChI is InChI=1S/C23H26N6O2/c1-28-5-4-16-2-3-17(12-21(16)28)27-23-18-13-19(24)22(14-20(18)25-15-26-23)31-11-8-29-6-9-30-10-7-29/h2-5,12-15H,6-11,24H2,1H3,(H,25,26,27). The van der Waals surface area contributed by atoms with Crippen LogP contribution >= 0.6 is 0 Å². The third-order valence-electron chi connectivity index (χ3n) is 5.69. The van der Waals surface area contributed by atoms with E-state index in [0.29, 0.717) is 23.9 Å². The van der Waals surface area contributed by atoms with E-state index in [9.17, 15) is 0 Å². The van der Waals surface area contributed by atoms with Crippen molar-refractivity contribution in [3.8, 4) is 5.75 Å². The number of benzene rings is 2. The molecule has 3 N–H and O–H groups in total. The summed E-state index contributed by atoms with van der Waals surface area (Å²) in [5.74, 6) is 1.36. The van der Waals surface area contributed by atoms with Gasteiger partial charge >= 0.3 is 0 Å². The van der Waals surface area contributed by atoms with Gasteiger partial charge in [0.25, 0.3) is 0 Å². The lowest BCUT2D eigenvalue weighted by atomic mass is 10.2. The summed E-state index contributed by atoms with van der Waals surface area (Å²) in [6.45, 7) is 4.85. The highest BCUT2D eigenvalue weighted by molar-refractivity contribution is 5.95. The number of fused-ring (bicyclic) bond motifs is 2. The maximum absolute atomic E-state index is 6.30. The molecule has 0 amide bonds. The van der Waals surface area contributed by atoms with Gasteiger partial charge in [-0.1, -0.05) is 6.07 Å². The Morgan fingerprint density at radius 1 is 1.13 bits per heavy atom. The summed E-state index contributed by atoms with van der Waals surface area (Å²) in [6.07, 6.45) is 3.61. The van der Waals surface area contributed by atoms with Crippen molar-refractivity contribution >= 4 is 39.0 Å². The first-order chi connectivity index (χ1) is 15.2. The molecular formula is C23H26N6O2. The minimum absolute atomic E-state index is 0.572. The first-order valence-corrected chi connectivity index (χ1v) is 10.5. The van der Waals surface area contributed by atoms with Gasteiger partial charge in [0.1, 0.15) is 24.5 Å². The normalized spacial score (nSPS) is 14.9. The van der Waals surface area contributed by atoms with Gasteiger partial charge in [0.15, 0.2) is 0 Å². The second-order valence-corrected chi connectivity index (χ2v) is 7.76. The molecule has 0 aliphatic carbocycles. The van der Waals surface area contributed by atoms with Gasteiger partial charge < -0.3 is 25.1 Å². The number of aryl methyl sites for hydroxylation is 1. The van der Waals surface area contributed by atoms with Gasteiger partial charge in [-0.3, -0.25) is 4.90 Å². The number of nitrogen functional groups attached to an aromatic ring is 1. The van der Waals surface area contributed by atoms with E-state index in [0.717, 1.165) is 55.0 Å². The van der Waals surface area contributed by atoms with Gasteiger partial charge in [0.2, 0.25) is 0 Å². The van der Waals surface area contributed by atoms with Crippen LogP contribution in [0.4, 0.5) is 17.2 Å². The second kappa shape index (κ2) is 8.41. The van der Waals surface area contributed by atoms with E-state index in [4.69, 9.17) is 15.2 Å². The van der Waals surface area contributed by atoms with Gasteiger partial charge in [0.05, 0.1) is 24.4 Å². The number of nitrogens with zero attached hydrogens (tertiary/aromatic N) is 4. The van der Waals surface area contributed by atoms with Crippen LogP contribution in [0.25, 0.3) is 21.8 Å². The van der Waals surface area contributed by atoms with Gasteiger partial charge in [-0.15, -0.1) is 0 Å². The molecule has 1 aliphatic rings. The molecule has 2 aromatic heterocycles. The van der Waals surface area contributed by atoms with E-state index < -0.39 is 0 Å². The van der Waals surface area contributed by atoms with Crippen LogP contribution in [0.5, 0.6) is 5.75 Å². The number of hydrogen-bond donors (Lipinski definition) is 2. The Kier molecular flexibility index (Phi) is 5.31. The van der Waals surface area contributed by atoms with Crippen molar-refractivity contribution in [2.24, 2.45) is 7.05 Å². The Balaban J connectivity index is 1.35. The number of aromatic nitrogens is 3. The zero-order chi connectivity index (χ0) is 21.2. The molecule has 160 valence electrons. The van der Waals surface area contributed by atoms with Crippen LogP contribution in [-0.4, -0.2) is 58.9 Å². The van der Waals surface area contributed by atoms with Crippen LogP contribution in [0.3, 0.4) is 0 Å². The molecule has 0 atom stereocenters. The Bertz CT molecular complexity index is 1220. The molecule has 0 saturated carbocycles. The molecule has 8 nitrogen and oxygen atoms in total. The van der Waals surface area contributed by atoms with E-state index in [1.807, 2.05) is 25.2 Å². The van der Waals surface area contributed by atoms with Crippen molar-refractivity contribution in [1.29, 1.82) is 0 Å². The predicted molar refractivity (Wildman–Crippen MR) is 123 cm³/mol.